The topological polar surface area (TPSA) is 84.4 Å². The summed E-state index contributed by atoms with van der Waals surface area (Å²) in [6, 6.07) is 7.91. The van der Waals surface area contributed by atoms with Crippen LogP contribution in [-0.2, 0) is 9.53 Å². The maximum absolute atomic E-state index is 13.9. The van der Waals surface area contributed by atoms with E-state index in [1.807, 2.05) is 0 Å². The number of quaternary nitrogens is 1. The lowest BCUT2D eigenvalue weighted by Crippen LogP contribution is -3.14. The number of rotatable bonds is 7. The van der Waals surface area contributed by atoms with Crippen molar-refractivity contribution in [3.8, 4) is 0 Å². The highest BCUT2D eigenvalue weighted by Crippen LogP contribution is 2.39. The molecule has 3 heterocycles. The molecule has 2 aliphatic heterocycles. The van der Waals surface area contributed by atoms with Crippen LogP contribution in [0.1, 0.15) is 28.6 Å². The Balaban J connectivity index is 1.60. The third-order valence-corrected chi connectivity index (χ3v) is 5.59. The number of hydrogen-bond donors (Lipinski definition) is 2. The number of benzene rings is 1. The number of aliphatic hydroxyl groups excluding tert-OH is 1. The third-order valence-electron chi connectivity index (χ3n) is 5.59. The molecule has 1 saturated heterocycles. The van der Waals surface area contributed by atoms with Crippen LogP contribution in [0.2, 0.25) is 0 Å². The fraction of sp³-hybridized carbons (Fsp3) is 0.364. The molecule has 2 aliphatic rings. The highest BCUT2D eigenvalue weighted by atomic mass is 19.1. The molecule has 0 radical (unpaired) electrons. The SMILES string of the molecule is O=C(C1=C(O)C(=O)N(CCC[NH+]2CCOCC2)[C@H]1c1cccc(F)c1)c1ccco1. The maximum atomic E-state index is 13.9. The van der Waals surface area contributed by atoms with E-state index in [-0.39, 0.29) is 11.3 Å². The molecular weight excluding hydrogens is 391 g/mol. The van der Waals surface area contributed by atoms with Gasteiger partial charge in [-0.25, -0.2) is 4.39 Å². The zero-order valence-electron chi connectivity index (χ0n) is 16.5. The van der Waals surface area contributed by atoms with Gasteiger partial charge in [0, 0.05) is 13.0 Å². The molecule has 2 aromatic rings. The van der Waals surface area contributed by atoms with Gasteiger partial charge in [0.2, 0.25) is 5.78 Å². The Morgan fingerprint density at radius 3 is 2.73 bits per heavy atom. The van der Waals surface area contributed by atoms with Crippen LogP contribution in [0.25, 0.3) is 0 Å². The molecule has 0 bridgehead atoms. The van der Waals surface area contributed by atoms with Crippen LogP contribution in [0.15, 0.2) is 58.4 Å². The number of amides is 1. The van der Waals surface area contributed by atoms with E-state index < -0.39 is 29.3 Å². The van der Waals surface area contributed by atoms with Crippen molar-refractivity contribution in [2.45, 2.75) is 12.5 Å². The quantitative estimate of drug-likeness (QED) is 0.666. The van der Waals surface area contributed by atoms with Crippen LogP contribution in [0.3, 0.4) is 0 Å². The predicted octanol–water partition coefficient (Wildman–Crippen LogP) is 1.30. The molecule has 158 valence electrons. The van der Waals surface area contributed by atoms with Gasteiger partial charge in [0.05, 0.1) is 37.6 Å². The Morgan fingerprint density at radius 2 is 2.03 bits per heavy atom. The Hall–Kier alpha value is -2.97. The smallest absolute Gasteiger partial charge is 0.290 e. The summed E-state index contributed by atoms with van der Waals surface area (Å²) in [6.45, 7) is 4.43. The van der Waals surface area contributed by atoms with Gasteiger partial charge in [-0.3, -0.25) is 9.59 Å². The van der Waals surface area contributed by atoms with Gasteiger partial charge in [0.25, 0.3) is 5.91 Å². The standard InChI is InChI=1S/C22H23FN2O5/c23-16-5-1-4-15(14-16)19-18(20(26)17-6-2-11-30-17)21(27)22(28)25(19)8-3-7-24-9-12-29-13-10-24/h1-2,4-6,11,14,19,27H,3,7-10,12-13H2/p+1/t19-/m0/s1. The van der Waals surface area contributed by atoms with E-state index in [0.29, 0.717) is 31.7 Å². The summed E-state index contributed by atoms with van der Waals surface area (Å²) >= 11 is 0. The normalized spacial score (nSPS) is 20.2. The van der Waals surface area contributed by atoms with Crippen LogP contribution >= 0.6 is 0 Å². The molecule has 0 unspecified atom stereocenters. The average molecular weight is 415 g/mol. The molecule has 1 aromatic heterocycles. The fourth-order valence-electron chi connectivity index (χ4n) is 4.09. The summed E-state index contributed by atoms with van der Waals surface area (Å²) in [5.74, 6) is -2.28. The number of Topliss-reactive ketones (excluding diaryl/α,β-unsaturated/α-hetero) is 1. The highest BCUT2D eigenvalue weighted by molar-refractivity contribution is 6.14. The van der Waals surface area contributed by atoms with E-state index >= 15 is 0 Å². The molecule has 1 amide bonds. The molecule has 0 spiro atoms. The second-order valence-electron chi connectivity index (χ2n) is 7.49. The van der Waals surface area contributed by atoms with Crippen molar-refractivity contribution in [2.24, 2.45) is 0 Å². The van der Waals surface area contributed by atoms with Gasteiger partial charge in [0.1, 0.15) is 18.9 Å². The predicted molar refractivity (Wildman–Crippen MR) is 105 cm³/mol. The first-order chi connectivity index (χ1) is 14.6. The first-order valence-electron chi connectivity index (χ1n) is 10.1. The van der Waals surface area contributed by atoms with Gasteiger partial charge < -0.3 is 24.1 Å². The Morgan fingerprint density at radius 1 is 1.23 bits per heavy atom. The monoisotopic (exact) mass is 415 g/mol. The summed E-state index contributed by atoms with van der Waals surface area (Å²) in [5, 5.41) is 10.6. The number of halogens is 1. The van der Waals surface area contributed by atoms with Crippen molar-refractivity contribution in [3.05, 3.63) is 71.1 Å². The van der Waals surface area contributed by atoms with E-state index in [1.165, 1.54) is 40.3 Å². The van der Waals surface area contributed by atoms with Crippen molar-refractivity contribution >= 4 is 11.7 Å². The minimum Gasteiger partial charge on any atom is -0.503 e. The van der Waals surface area contributed by atoms with Gasteiger partial charge in [-0.05, 0) is 29.8 Å². The van der Waals surface area contributed by atoms with Crippen LogP contribution in [-0.4, -0.2) is 61.1 Å². The van der Waals surface area contributed by atoms with Gasteiger partial charge in [-0.2, -0.15) is 0 Å². The second-order valence-corrected chi connectivity index (χ2v) is 7.49. The van der Waals surface area contributed by atoms with Crippen LogP contribution in [0.5, 0.6) is 0 Å². The molecule has 4 rings (SSSR count). The number of ketones is 1. The summed E-state index contributed by atoms with van der Waals surface area (Å²) in [7, 11) is 0. The summed E-state index contributed by atoms with van der Waals surface area (Å²) in [6.07, 6.45) is 2.03. The van der Waals surface area contributed by atoms with Crippen LogP contribution in [0.4, 0.5) is 4.39 Å². The van der Waals surface area contributed by atoms with Crippen LogP contribution < -0.4 is 4.90 Å². The number of morpholine rings is 1. The molecule has 2 N–H and O–H groups in total. The maximum Gasteiger partial charge on any atom is 0.290 e. The number of nitrogens with zero attached hydrogens (tertiary/aromatic N) is 1. The minimum atomic E-state index is -0.870. The van der Waals surface area contributed by atoms with E-state index in [0.717, 1.165) is 19.6 Å². The zero-order valence-corrected chi connectivity index (χ0v) is 16.5. The molecular formula is C22H24FN2O5+. The largest absolute Gasteiger partial charge is 0.503 e. The third kappa shape index (κ3) is 4.01. The number of aliphatic hydroxyl groups is 1. The zero-order chi connectivity index (χ0) is 21.1. The Labute approximate surface area is 173 Å². The first-order valence-corrected chi connectivity index (χ1v) is 10.1. The van der Waals surface area contributed by atoms with E-state index in [2.05, 4.69) is 0 Å². The summed E-state index contributed by atoms with van der Waals surface area (Å²) < 4.78 is 24.5. The number of nitrogens with one attached hydrogen (secondary N) is 1. The summed E-state index contributed by atoms with van der Waals surface area (Å²) in [4.78, 5) is 28.7. The fourth-order valence-corrected chi connectivity index (χ4v) is 4.09. The molecule has 0 aliphatic carbocycles. The number of furan rings is 1. The molecule has 1 aromatic carbocycles. The molecule has 8 heteroatoms. The highest BCUT2D eigenvalue weighted by Gasteiger charge is 2.44. The second kappa shape index (κ2) is 8.81. The number of ether oxygens (including phenoxy) is 1. The van der Waals surface area contributed by atoms with E-state index in [9.17, 15) is 19.1 Å². The lowest BCUT2D eigenvalue weighted by atomic mass is 9.95. The van der Waals surface area contributed by atoms with Gasteiger partial charge in [-0.15, -0.1) is 0 Å². The molecule has 1 fully saturated rings. The van der Waals surface area contributed by atoms with Crippen LogP contribution in [0, 0.1) is 5.82 Å². The Kier molecular flexibility index (Phi) is 5.96. The van der Waals surface area contributed by atoms with E-state index in [4.69, 9.17) is 9.15 Å². The first kappa shape index (κ1) is 20.3. The van der Waals surface area contributed by atoms with Gasteiger partial charge in [-0.1, -0.05) is 12.1 Å². The van der Waals surface area contributed by atoms with Crippen molar-refractivity contribution in [1.29, 1.82) is 0 Å². The Bertz CT molecular complexity index is 950. The van der Waals surface area contributed by atoms with Crippen molar-refractivity contribution in [1.82, 2.24) is 4.90 Å². The molecule has 1 atom stereocenters. The average Bonchev–Trinajstić information content (AvgIpc) is 3.37. The van der Waals surface area contributed by atoms with Gasteiger partial charge >= 0.3 is 0 Å². The lowest BCUT2D eigenvalue weighted by Gasteiger charge is -2.28. The number of carbonyl (C=O) groups is 2. The summed E-state index contributed by atoms with van der Waals surface area (Å²) in [5.41, 5.74) is 0.347. The molecule has 7 nitrogen and oxygen atoms in total. The lowest BCUT2D eigenvalue weighted by molar-refractivity contribution is -0.908. The number of carbonyl (C=O) groups excluding carboxylic acids is 2. The molecule has 30 heavy (non-hydrogen) atoms. The van der Waals surface area contributed by atoms with E-state index in [1.54, 1.807) is 12.1 Å². The number of hydrogen-bond acceptors (Lipinski definition) is 5. The molecule has 0 saturated carbocycles. The minimum absolute atomic E-state index is 0.0189. The van der Waals surface area contributed by atoms with Crippen molar-refractivity contribution in [2.75, 3.05) is 39.4 Å². The van der Waals surface area contributed by atoms with Crippen molar-refractivity contribution < 1.29 is 33.1 Å². The van der Waals surface area contributed by atoms with Gasteiger partial charge in [0.15, 0.2) is 11.5 Å². The van der Waals surface area contributed by atoms with Crippen molar-refractivity contribution in [3.63, 3.8) is 0 Å².